The minimum atomic E-state index is -1.02. The molecule has 0 atom stereocenters. The maximum atomic E-state index is 11.4. The largest absolute Gasteiger partial charge is 0.478 e. The predicted octanol–water partition coefficient (Wildman–Crippen LogP) is 3.05. The van der Waals surface area contributed by atoms with Crippen molar-refractivity contribution in [3.63, 3.8) is 0 Å². The van der Waals surface area contributed by atoms with Crippen LogP contribution >= 0.6 is 0 Å². The van der Waals surface area contributed by atoms with E-state index in [2.05, 4.69) is 15.2 Å². The molecule has 0 aliphatic rings. The van der Waals surface area contributed by atoms with E-state index in [1.165, 1.54) is 0 Å². The molecule has 2 aromatic heterocycles. The molecule has 0 bridgehead atoms. The summed E-state index contributed by atoms with van der Waals surface area (Å²) in [5.41, 5.74) is 2.64. The maximum Gasteiger partial charge on any atom is 0.338 e. The highest BCUT2D eigenvalue weighted by atomic mass is 16.4. The standard InChI is InChI=1S/C15H13N3O3/c1-8-11(12(15(19)20)9(2)16-8)14-18-17-13(21-14)10-6-4-3-5-7-10/h3-7,16H,1-2H3,(H,19,20). The molecule has 0 unspecified atom stereocenters. The Labute approximate surface area is 120 Å². The van der Waals surface area contributed by atoms with Crippen molar-refractivity contribution in [1.29, 1.82) is 0 Å². The Kier molecular flexibility index (Phi) is 3.06. The number of nitrogens with zero attached hydrogens (tertiary/aromatic N) is 2. The number of carboxylic acid groups (broad SMARTS) is 1. The van der Waals surface area contributed by atoms with Crippen molar-refractivity contribution in [3.8, 4) is 22.9 Å². The predicted molar refractivity (Wildman–Crippen MR) is 76.0 cm³/mol. The van der Waals surface area contributed by atoms with Crippen LogP contribution in [0.15, 0.2) is 34.7 Å². The van der Waals surface area contributed by atoms with E-state index in [1.807, 2.05) is 30.3 Å². The Morgan fingerprint density at radius 3 is 2.43 bits per heavy atom. The van der Waals surface area contributed by atoms with Crippen molar-refractivity contribution in [1.82, 2.24) is 15.2 Å². The first-order valence-electron chi connectivity index (χ1n) is 6.39. The van der Waals surface area contributed by atoms with Gasteiger partial charge in [0, 0.05) is 17.0 Å². The molecule has 1 aromatic carbocycles. The van der Waals surface area contributed by atoms with E-state index in [0.29, 0.717) is 22.8 Å². The van der Waals surface area contributed by atoms with Gasteiger partial charge in [-0.3, -0.25) is 0 Å². The minimum absolute atomic E-state index is 0.163. The summed E-state index contributed by atoms with van der Waals surface area (Å²) in [7, 11) is 0. The number of hydrogen-bond acceptors (Lipinski definition) is 4. The second-order valence-corrected chi connectivity index (χ2v) is 4.71. The van der Waals surface area contributed by atoms with Crippen LogP contribution in [0.2, 0.25) is 0 Å². The molecule has 2 N–H and O–H groups in total. The summed E-state index contributed by atoms with van der Waals surface area (Å²) < 4.78 is 5.64. The Morgan fingerprint density at radius 2 is 1.76 bits per heavy atom. The van der Waals surface area contributed by atoms with Crippen LogP contribution in [0.25, 0.3) is 22.9 Å². The van der Waals surface area contributed by atoms with Gasteiger partial charge in [0.2, 0.25) is 5.89 Å². The van der Waals surface area contributed by atoms with Crippen molar-refractivity contribution in [2.45, 2.75) is 13.8 Å². The van der Waals surface area contributed by atoms with Crippen LogP contribution < -0.4 is 0 Å². The van der Waals surface area contributed by atoms with Gasteiger partial charge in [-0.1, -0.05) is 18.2 Å². The Bertz CT molecular complexity index is 803. The first-order valence-corrected chi connectivity index (χ1v) is 6.39. The number of carbonyl (C=O) groups is 1. The van der Waals surface area contributed by atoms with Crippen molar-refractivity contribution in [3.05, 3.63) is 47.3 Å². The highest BCUT2D eigenvalue weighted by Gasteiger charge is 2.24. The van der Waals surface area contributed by atoms with Crippen LogP contribution in [0.4, 0.5) is 0 Å². The molecule has 0 amide bonds. The fraction of sp³-hybridized carbons (Fsp3) is 0.133. The molecule has 0 fully saturated rings. The molecule has 106 valence electrons. The van der Waals surface area contributed by atoms with E-state index < -0.39 is 5.97 Å². The number of carboxylic acids is 1. The lowest BCUT2D eigenvalue weighted by atomic mass is 10.1. The van der Waals surface area contributed by atoms with Crippen LogP contribution in [0.1, 0.15) is 21.7 Å². The first-order chi connectivity index (χ1) is 10.1. The van der Waals surface area contributed by atoms with E-state index in [4.69, 9.17) is 4.42 Å². The van der Waals surface area contributed by atoms with Gasteiger partial charge in [-0.05, 0) is 26.0 Å². The summed E-state index contributed by atoms with van der Waals surface area (Å²) in [5, 5.41) is 17.3. The lowest BCUT2D eigenvalue weighted by Crippen LogP contribution is -1.99. The van der Waals surface area contributed by atoms with Gasteiger partial charge in [0.15, 0.2) is 0 Å². The van der Waals surface area contributed by atoms with Gasteiger partial charge in [0.05, 0.1) is 11.1 Å². The van der Waals surface area contributed by atoms with Gasteiger partial charge in [0.1, 0.15) is 0 Å². The van der Waals surface area contributed by atoms with Gasteiger partial charge in [-0.25, -0.2) is 4.79 Å². The minimum Gasteiger partial charge on any atom is -0.478 e. The topological polar surface area (TPSA) is 92.0 Å². The summed E-state index contributed by atoms with van der Waals surface area (Å²) in [6.45, 7) is 3.48. The van der Waals surface area contributed by atoms with Crippen molar-refractivity contribution >= 4 is 5.97 Å². The summed E-state index contributed by atoms with van der Waals surface area (Å²) >= 11 is 0. The molecule has 6 nitrogen and oxygen atoms in total. The molecule has 0 aliphatic carbocycles. The Hall–Kier alpha value is -2.89. The van der Waals surface area contributed by atoms with Crippen molar-refractivity contribution < 1.29 is 14.3 Å². The lowest BCUT2D eigenvalue weighted by molar-refractivity contribution is 0.0697. The second kappa shape index (κ2) is 4.90. The fourth-order valence-corrected chi connectivity index (χ4v) is 2.34. The van der Waals surface area contributed by atoms with E-state index in [1.54, 1.807) is 13.8 Å². The van der Waals surface area contributed by atoms with E-state index in [-0.39, 0.29) is 11.5 Å². The van der Waals surface area contributed by atoms with Crippen LogP contribution in [0.3, 0.4) is 0 Å². The SMILES string of the molecule is Cc1[nH]c(C)c(-c2nnc(-c3ccccc3)o2)c1C(=O)O. The molecular formula is C15H13N3O3. The van der Waals surface area contributed by atoms with Crippen LogP contribution in [0, 0.1) is 13.8 Å². The number of aryl methyl sites for hydroxylation is 2. The van der Waals surface area contributed by atoms with E-state index in [9.17, 15) is 9.90 Å². The molecule has 0 saturated heterocycles. The van der Waals surface area contributed by atoms with Gasteiger partial charge in [0.25, 0.3) is 5.89 Å². The zero-order chi connectivity index (χ0) is 15.0. The first kappa shape index (κ1) is 13.1. The number of nitrogens with one attached hydrogen (secondary N) is 1. The van der Waals surface area contributed by atoms with Gasteiger partial charge in [-0.2, -0.15) is 0 Å². The van der Waals surface area contributed by atoms with Crippen LogP contribution in [-0.4, -0.2) is 26.3 Å². The number of hydrogen-bond donors (Lipinski definition) is 2. The monoisotopic (exact) mass is 283 g/mol. The number of rotatable bonds is 3. The summed E-state index contributed by atoms with van der Waals surface area (Å²) in [6.07, 6.45) is 0. The third kappa shape index (κ3) is 2.20. The van der Waals surface area contributed by atoms with Crippen molar-refractivity contribution in [2.24, 2.45) is 0 Å². The molecule has 21 heavy (non-hydrogen) atoms. The smallest absolute Gasteiger partial charge is 0.338 e. The zero-order valence-corrected chi connectivity index (χ0v) is 11.5. The molecular weight excluding hydrogens is 270 g/mol. The molecule has 3 aromatic rings. The normalized spacial score (nSPS) is 10.8. The quantitative estimate of drug-likeness (QED) is 0.770. The van der Waals surface area contributed by atoms with Crippen LogP contribution in [-0.2, 0) is 0 Å². The lowest BCUT2D eigenvalue weighted by Gasteiger charge is -1.97. The number of aromatic nitrogens is 3. The molecule has 3 rings (SSSR count). The molecule has 6 heteroatoms. The fourth-order valence-electron chi connectivity index (χ4n) is 2.34. The average Bonchev–Trinajstić information content (AvgIpc) is 3.04. The number of aromatic carboxylic acids is 1. The molecule has 0 saturated carbocycles. The third-order valence-corrected chi connectivity index (χ3v) is 3.25. The molecule has 0 spiro atoms. The summed E-state index contributed by atoms with van der Waals surface area (Å²) in [5.74, 6) is -0.459. The highest BCUT2D eigenvalue weighted by molar-refractivity contribution is 5.97. The Balaban J connectivity index is 2.11. The van der Waals surface area contributed by atoms with Gasteiger partial charge < -0.3 is 14.5 Å². The van der Waals surface area contributed by atoms with Gasteiger partial charge >= 0.3 is 5.97 Å². The molecule has 0 radical (unpaired) electrons. The zero-order valence-electron chi connectivity index (χ0n) is 11.5. The van der Waals surface area contributed by atoms with Crippen LogP contribution in [0.5, 0.6) is 0 Å². The maximum absolute atomic E-state index is 11.4. The highest BCUT2D eigenvalue weighted by Crippen LogP contribution is 2.30. The molecule has 2 heterocycles. The van der Waals surface area contributed by atoms with Crippen molar-refractivity contribution in [2.75, 3.05) is 0 Å². The number of benzene rings is 1. The second-order valence-electron chi connectivity index (χ2n) is 4.71. The van der Waals surface area contributed by atoms with E-state index in [0.717, 1.165) is 5.56 Å². The average molecular weight is 283 g/mol. The Morgan fingerprint density at radius 1 is 1.10 bits per heavy atom. The number of H-pyrrole nitrogens is 1. The summed E-state index contributed by atoms with van der Waals surface area (Å²) in [6, 6.07) is 9.33. The summed E-state index contributed by atoms with van der Waals surface area (Å²) in [4.78, 5) is 14.4. The number of aromatic amines is 1. The van der Waals surface area contributed by atoms with Gasteiger partial charge in [-0.15, -0.1) is 10.2 Å². The third-order valence-electron chi connectivity index (χ3n) is 3.25. The van der Waals surface area contributed by atoms with E-state index >= 15 is 0 Å². The molecule has 0 aliphatic heterocycles.